The van der Waals surface area contributed by atoms with E-state index in [-0.39, 0.29) is 6.54 Å². The van der Waals surface area contributed by atoms with Crippen molar-refractivity contribution in [3.05, 3.63) is 11.4 Å². The second-order valence-electron chi connectivity index (χ2n) is 3.81. The average molecular weight is 295 g/mol. The summed E-state index contributed by atoms with van der Waals surface area (Å²) < 4.78 is 1.18. The van der Waals surface area contributed by atoms with E-state index in [0.717, 1.165) is 36.0 Å². The molecule has 2 aromatic rings. The van der Waals surface area contributed by atoms with Crippen molar-refractivity contribution in [3.8, 4) is 0 Å². The summed E-state index contributed by atoms with van der Waals surface area (Å²) in [7, 11) is 0. The molecule has 0 atom stereocenters. The summed E-state index contributed by atoms with van der Waals surface area (Å²) in [5.74, 6) is -1.02. The van der Waals surface area contributed by atoms with Gasteiger partial charge in [0.05, 0.1) is 11.4 Å². The van der Waals surface area contributed by atoms with Gasteiger partial charge in [-0.2, -0.15) is 5.10 Å². The molecule has 2 aromatic heterocycles. The predicted octanol–water partition coefficient (Wildman–Crippen LogP) is 0.219. The third-order valence-corrected chi connectivity index (χ3v) is 3.29. The SMILES string of the molecule is CCc1nnc(Sc2nnnn2CC(=O)O)nc1CC. The van der Waals surface area contributed by atoms with Crippen molar-refractivity contribution in [2.45, 2.75) is 43.5 Å². The lowest BCUT2D eigenvalue weighted by Gasteiger charge is -2.04. The number of tetrazole rings is 1. The van der Waals surface area contributed by atoms with Crippen LogP contribution in [-0.2, 0) is 24.2 Å². The Morgan fingerprint density at radius 1 is 1.20 bits per heavy atom. The van der Waals surface area contributed by atoms with Crippen LogP contribution in [-0.4, -0.2) is 46.5 Å². The number of rotatable bonds is 6. The van der Waals surface area contributed by atoms with Gasteiger partial charge in [-0.3, -0.25) is 4.79 Å². The van der Waals surface area contributed by atoms with Gasteiger partial charge in [0.25, 0.3) is 0 Å². The molecule has 0 unspecified atom stereocenters. The van der Waals surface area contributed by atoms with Gasteiger partial charge in [0.15, 0.2) is 0 Å². The molecular formula is C10H13N7O2S. The second kappa shape index (κ2) is 6.37. The first kappa shape index (κ1) is 14.3. The molecule has 0 aromatic carbocycles. The molecule has 10 heteroatoms. The Morgan fingerprint density at radius 3 is 2.60 bits per heavy atom. The Bertz CT molecular complexity index is 615. The van der Waals surface area contributed by atoms with Gasteiger partial charge in [-0.1, -0.05) is 13.8 Å². The lowest BCUT2D eigenvalue weighted by atomic mass is 10.2. The molecule has 20 heavy (non-hydrogen) atoms. The standard InChI is InChI=1S/C10H13N7O2S/c1-3-6-7(4-2)12-13-9(11-6)20-10-14-15-16-17(10)5-8(18)19/h3-5H2,1-2H3,(H,18,19). The van der Waals surface area contributed by atoms with Gasteiger partial charge < -0.3 is 5.11 Å². The maximum absolute atomic E-state index is 10.7. The normalized spacial score (nSPS) is 10.7. The molecule has 0 radical (unpaired) electrons. The van der Waals surface area contributed by atoms with Crippen LogP contribution in [0.15, 0.2) is 10.3 Å². The molecule has 0 saturated carbocycles. The Balaban J connectivity index is 2.22. The van der Waals surface area contributed by atoms with Gasteiger partial charge in [0.2, 0.25) is 10.3 Å². The molecule has 0 spiro atoms. The fourth-order valence-corrected chi connectivity index (χ4v) is 2.23. The number of carbonyl (C=O) groups is 1. The van der Waals surface area contributed by atoms with Crippen LogP contribution in [0.1, 0.15) is 25.2 Å². The first-order valence-electron chi connectivity index (χ1n) is 6.02. The highest BCUT2D eigenvalue weighted by Crippen LogP contribution is 2.21. The van der Waals surface area contributed by atoms with Crippen molar-refractivity contribution in [2.24, 2.45) is 0 Å². The number of hydrogen-bond acceptors (Lipinski definition) is 8. The van der Waals surface area contributed by atoms with Crippen LogP contribution in [0.3, 0.4) is 0 Å². The van der Waals surface area contributed by atoms with Gasteiger partial charge in [0, 0.05) is 0 Å². The number of hydrogen-bond donors (Lipinski definition) is 1. The quantitative estimate of drug-likeness (QED) is 0.797. The smallest absolute Gasteiger partial charge is 0.325 e. The van der Waals surface area contributed by atoms with E-state index in [2.05, 4.69) is 30.7 Å². The van der Waals surface area contributed by atoms with Crippen LogP contribution in [0, 0.1) is 0 Å². The summed E-state index contributed by atoms with van der Waals surface area (Å²) in [4.78, 5) is 15.1. The molecule has 106 valence electrons. The van der Waals surface area contributed by atoms with Gasteiger partial charge in [-0.05, 0) is 35.0 Å². The van der Waals surface area contributed by atoms with E-state index in [1.807, 2.05) is 13.8 Å². The Morgan fingerprint density at radius 2 is 1.95 bits per heavy atom. The first-order chi connectivity index (χ1) is 9.63. The van der Waals surface area contributed by atoms with Crippen LogP contribution in [0.4, 0.5) is 0 Å². The van der Waals surface area contributed by atoms with Crippen molar-refractivity contribution in [3.63, 3.8) is 0 Å². The number of nitrogens with zero attached hydrogens (tertiary/aromatic N) is 7. The van der Waals surface area contributed by atoms with E-state index < -0.39 is 5.97 Å². The van der Waals surface area contributed by atoms with E-state index in [1.54, 1.807) is 0 Å². The minimum Gasteiger partial charge on any atom is -0.480 e. The number of aliphatic carboxylic acids is 1. The third-order valence-electron chi connectivity index (χ3n) is 2.46. The zero-order valence-corrected chi connectivity index (χ0v) is 11.8. The molecule has 0 fully saturated rings. The molecule has 0 aliphatic rings. The Kier molecular flexibility index (Phi) is 4.56. The molecule has 0 amide bonds. The lowest BCUT2D eigenvalue weighted by molar-refractivity contribution is -0.138. The second-order valence-corrected chi connectivity index (χ2v) is 4.74. The van der Waals surface area contributed by atoms with Gasteiger partial charge >= 0.3 is 5.97 Å². The van der Waals surface area contributed by atoms with Crippen LogP contribution >= 0.6 is 11.8 Å². The lowest BCUT2D eigenvalue weighted by Crippen LogP contribution is -2.11. The first-order valence-corrected chi connectivity index (χ1v) is 6.84. The number of carboxylic acid groups (broad SMARTS) is 1. The van der Waals surface area contributed by atoms with E-state index in [4.69, 9.17) is 5.11 Å². The monoisotopic (exact) mass is 295 g/mol. The minimum atomic E-state index is -1.02. The highest BCUT2D eigenvalue weighted by molar-refractivity contribution is 7.99. The minimum absolute atomic E-state index is 0.309. The molecule has 2 heterocycles. The van der Waals surface area contributed by atoms with Crippen LogP contribution in [0.2, 0.25) is 0 Å². The van der Waals surface area contributed by atoms with Crippen molar-refractivity contribution in [2.75, 3.05) is 0 Å². The maximum atomic E-state index is 10.7. The van der Waals surface area contributed by atoms with Crippen LogP contribution in [0.25, 0.3) is 0 Å². The Hall–Kier alpha value is -2.10. The fourth-order valence-electron chi connectivity index (χ4n) is 1.54. The Labute approximate surface area is 118 Å². The van der Waals surface area contributed by atoms with Crippen molar-refractivity contribution in [1.82, 2.24) is 35.4 Å². The molecule has 1 N–H and O–H groups in total. The van der Waals surface area contributed by atoms with Crippen LogP contribution < -0.4 is 0 Å². The number of aromatic nitrogens is 7. The molecule has 0 bridgehead atoms. The van der Waals surface area contributed by atoms with Gasteiger partial charge in [-0.25, -0.2) is 9.67 Å². The summed E-state index contributed by atoms with van der Waals surface area (Å²) >= 11 is 1.09. The van der Waals surface area contributed by atoms with E-state index >= 15 is 0 Å². The van der Waals surface area contributed by atoms with E-state index in [9.17, 15) is 4.79 Å². The summed E-state index contributed by atoms with van der Waals surface area (Å²) in [5.41, 5.74) is 1.74. The molecule has 0 aliphatic carbocycles. The average Bonchev–Trinajstić information content (AvgIpc) is 2.85. The molecule has 9 nitrogen and oxygen atoms in total. The topological polar surface area (TPSA) is 120 Å². The highest BCUT2D eigenvalue weighted by Gasteiger charge is 2.14. The maximum Gasteiger partial charge on any atom is 0.325 e. The van der Waals surface area contributed by atoms with Gasteiger partial charge in [0.1, 0.15) is 6.54 Å². The third kappa shape index (κ3) is 3.26. The van der Waals surface area contributed by atoms with Crippen LogP contribution in [0.5, 0.6) is 0 Å². The van der Waals surface area contributed by atoms with Crippen molar-refractivity contribution >= 4 is 17.7 Å². The summed E-state index contributed by atoms with van der Waals surface area (Å²) in [6.07, 6.45) is 1.52. The molecule has 2 rings (SSSR count). The summed E-state index contributed by atoms with van der Waals surface area (Å²) in [5, 5.41) is 28.4. The van der Waals surface area contributed by atoms with Gasteiger partial charge in [-0.15, -0.1) is 10.2 Å². The highest BCUT2D eigenvalue weighted by atomic mass is 32.2. The summed E-state index contributed by atoms with van der Waals surface area (Å²) in [6.45, 7) is 3.67. The predicted molar refractivity (Wildman–Crippen MR) is 68.2 cm³/mol. The van der Waals surface area contributed by atoms with Crippen molar-refractivity contribution < 1.29 is 9.90 Å². The van der Waals surface area contributed by atoms with E-state index in [1.165, 1.54) is 4.68 Å². The molecule has 0 aliphatic heterocycles. The number of aryl methyl sites for hydroxylation is 2. The number of carboxylic acids is 1. The largest absolute Gasteiger partial charge is 0.480 e. The van der Waals surface area contributed by atoms with E-state index in [0.29, 0.717) is 10.3 Å². The zero-order valence-electron chi connectivity index (χ0n) is 11.0. The fraction of sp³-hybridized carbons (Fsp3) is 0.500. The van der Waals surface area contributed by atoms with Crippen molar-refractivity contribution in [1.29, 1.82) is 0 Å². The molecular weight excluding hydrogens is 282 g/mol. The molecule has 0 saturated heterocycles. The summed E-state index contributed by atoms with van der Waals surface area (Å²) in [6, 6.07) is 0. The zero-order chi connectivity index (χ0) is 14.5.